The highest BCUT2D eigenvalue weighted by molar-refractivity contribution is 6.46. The zero-order chi connectivity index (χ0) is 4.50. The summed E-state index contributed by atoms with van der Waals surface area (Å²) < 4.78 is 0. The molecular formula is H20ClN5O4Si. The summed E-state index contributed by atoms with van der Waals surface area (Å²) in [5.74, 6) is 0. The summed E-state index contributed by atoms with van der Waals surface area (Å²) in [6.45, 7) is 0. The predicted octanol–water partition coefficient (Wildman–Crippen LogP) is -1.38. The van der Waals surface area contributed by atoms with E-state index in [0.29, 0.717) is 0 Å². The molecule has 0 aromatic carbocycles. The van der Waals surface area contributed by atoms with Gasteiger partial charge in [-0.15, -0.1) is 12.4 Å². The lowest BCUT2D eigenvalue weighted by Crippen LogP contribution is -2.33. The van der Waals surface area contributed by atoms with Gasteiger partial charge < -0.3 is 49.9 Å². The van der Waals surface area contributed by atoms with E-state index < -0.39 is 9.05 Å². The minimum Gasteiger partial charge on any atom is -0.368 e. The molecule has 0 radical (unpaired) electrons. The molecule has 0 bridgehead atoms. The van der Waals surface area contributed by atoms with Gasteiger partial charge in [-0.05, 0) is 0 Å². The third-order valence-corrected chi connectivity index (χ3v) is 0. The first kappa shape index (κ1) is 66.7. The summed E-state index contributed by atoms with van der Waals surface area (Å²) in [5.41, 5.74) is 0. The summed E-state index contributed by atoms with van der Waals surface area (Å²) >= 11 is 0. The van der Waals surface area contributed by atoms with E-state index >= 15 is 0 Å². The van der Waals surface area contributed by atoms with Crippen molar-refractivity contribution >= 4 is 21.5 Å². The van der Waals surface area contributed by atoms with Crippen LogP contribution in [0.25, 0.3) is 0 Å². The Balaban J connectivity index is -0.00000000533. The number of hydrogen-bond acceptors (Lipinski definition) is 9. The maximum absolute atomic E-state index is 7.33. The summed E-state index contributed by atoms with van der Waals surface area (Å²) in [7, 11) is -4.61. The van der Waals surface area contributed by atoms with Gasteiger partial charge >= 0.3 is 9.05 Å². The highest BCUT2D eigenvalue weighted by atomic mass is 35.5. The molecule has 0 spiro atoms. The van der Waals surface area contributed by atoms with Crippen LogP contribution in [0, 0.1) is 0 Å². The molecule has 9 nitrogen and oxygen atoms in total. The van der Waals surface area contributed by atoms with E-state index in [-0.39, 0.29) is 43.2 Å². The highest BCUT2D eigenvalue weighted by Crippen LogP contribution is 1.67. The fourth-order valence-corrected chi connectivity index (χ4v) is 0. The van der Waals surface area contributed by atoms with Gasteiger partial charge in [-0.1, -0.05) is 0 Å². The van der Waals surface area contributed by atoms with Crippen LogP contribution in [0.1, 0.15) is 0 Å². The van der Waals surface area contributed by atoms with Crippen molar-refractivity contribution in [1.29, 1.82) is 0 Å². The van der Waals surface area contributed by atoms with E-state index in [9.17, 15) is 0 Å². The minimum atomic E-state index is -4.61. The summed E-state index contributed by atoms with van der Waals surface area (Å²) in [6.07, 6.45) is 0. The fraction of sp³-hybridized carbons (Fsp3) is 0. The molecule has 11 heteroatoms. The molecule has 0 aliphatic heterocycles. The summed E-state index contributed by atoms with van der Waals surface area (Å²) in [5, 5.41) is 0. The number of rotatable bonds is 0. The van der Waals surface area contributed by atoms with Crippen molar-refractivity contribution in [3.8, 4) is 0 Å². The standard InChI is InChI=1S/ClH.5H3N.H4O4Si/c;;;;;;1-5(2,3)4/h1H;5*1H3;1-4H. The third-order valence-electron chi connectivity index (χ3n) is 0. The van der Waals surface area contributed by atoms with Gasteiger partial charge in [0, 0.05) is 0 Å². The molecule has 0 saturated heterocycles. The predicted molar refractivity (Wildman–Crippen MR) is 47.0 cm³/mol. The number of hydrogen-bond donors (Lipinski definition) is 9. The van der Waals surface area contributed by atoms with Crippen LogP contribution in [-0.4, -0.2) is 28.2 Å². The molecule has 0 rings (SSSR count). The van der Waals surface area contributed by atoms with Crippen LogP contribution in [-0.2, 0) is 0 Å². The van der Waals surface area contributed by atoms with E-state index in [0.717, 1.165) is 0 Å². The zero-order valence-corrected chi connectivity index (χ0v) is 8.05. The summed E-state index contributed by atoms with van der Waals surface area (Å²) in [6, 6.07) is 0. The normalized spacial score (nSPS) is 5.45. The lowest BCUT2D eigenvalue weighted by Gasteiger charge is -1.91. The van der Waals surface area contributed by atoms with Crippen molar-refractivity contribution in [3.63, 3.8) is 0 Å². The fourth-order valence-electron chi connectivity index (χ4n) is 0. The molecule has 0 fully saturated rings. The van der Waals surface area contributed by atoms with Gasteiger partial charge in [0.25, 0.3) is 0 Å². The smallest absolute Gasteiger partial charge is 0.368 e. The second-order valence-corrected chi connectivity index (χ2v) is 1.80. The Morgan fingerprint density at radius 2 is 0.545 bits per heavy atom. The van der Waals surface area contributed by atoms with Gasteiger partial charge in [0.2, 0.25) is 0 Å². The molecule has 0 aliphatic carbocycles. The van der Waals surface area contributed by atoms with Crippen LogP contribution < -0.4 is 30.8 Å². The average molecular weight is 218 g/mol. The lowest BCUT2D eigenvalue weighted by atomic mass is 14.0. The third kappa shape index (κ3) is 31200. The Morgan fingerprint density at radius 1 is 0.545 bits per heavy atom. The Hall–Kier alpha value is 0.147. The number of halogens is 1. The van der Waals surface area contributed by atoms with E-state index in [1.165, 1.54) is 0 Å². The van der Waals surface area contributed by atoms with Gasteiger partial charge in [-0.3, -0.25) is 0 Å². The van der Waals surface area contributed by atoms with Crippen molar-refractivity contribution in [2.75, 3.05) is 0 Å². The SMILES string of the molecule is Cl.N.N.N.N.N.O[Si](O)(O)O. The monoisotopic (exact) mass is 217 g/mol. The van der Waals surface area contributed by atoms with Crippen LogP contribution in [0.2, 0.25) is 0 Å². The first-order valence-electron chi connectivity index (χ1n) is 0.894. The van der Waals surface area contributed by atoms with Crippen molar-refractivity contribution in [3.05, 3.63) is 0 Å². The molecule has 0 saturated carbocycles. The molecule has 0 aromatic heterocycles. The van der Waals surface area contributed by atoms with Gasteiger partial charge in [-0.25, -0.2) is 0 Å². The first-order valence-corrected chi connectivity index (χ1v) is 2.68. The maximum atomic E-state index is 7.33. The molecule has 0 unspecified atom stereocenters. The van der Waals surface area contributed by atoms with Crippen LogP contribution in [0.5, 0.6) is 0 Å². The summed E-state index contributed by atoms with van der Waals surface area (Å²) in [4.78, 5) is 29.3. The Labute approximate surface area is 72.3 Å². The first-order chi connectivity index (χ1) is 2.00. The zero-order valence-electron chi connectivity index (χ0n) is 6.23. The van der Waals surface area contributed by atoms with Gasteiger partial charge in [0.05, 0.1) is 0 Å². The van der Waals surface area contributed by atoms with E-state index in [1.54, 1.807) is 0 Å². The highest BCUT2D eigenvalue weighted by Gasteiger charge is 2.22. The topological polar surface area (TPSA) is 256 Å². The largest absolute Gasteiger partial charge is 0.668 e. The second kappa shape index (κ2) is 22.5. The molecule has 0 atom stereocenters. The van der Waals surface area contributed by atoms with Gasteiger partial charge in [0.15, 0.2) is 0 Å². The second-order valence-electron chi connectivity index (χ2n) is 0.600. The Morgan fingerprint density at radius 3 is 0.545 bits per heavy atom. The van der Waals surface area contributed by atoms with E-state index in [2.05, 4.69) is 0 Å². The maximum Gasteiger partial charge on any atom is 0.668 e. The van der Waals surface area contributed by atoms with Crippen molar-refractivity contribution < 1.29 is 19.2 Å². The van der Waals surface area contributed by atoms with Gasteiger partial charge in [0.1, 0.15) is 0 Å². The minimum absolute atomic E-state index is 0. The average Bonchev–Trinajstić information content (AvgIpc) is 0.722. The van der Waals surface area contributed by atoms with Crippen molar-refractivity contribution in [2.45, 2.75) is 0 Å². The molecule has 11 heavy (non-hydrogen) atoms. The van der Waals surface area contributed by atoms with Crippen LogP contribution in [0.3, 0.4) is 0 Å². The van der Waals surface area contributed by atoms with E-state index in [4.69, 9.17) is 19.2 Å². The molecule has 0 aromatic rings. The van der Waals surface area contributed by atoms with Crippen LogP contribution in [0.15, 0.2) is 0 Å². The van der Waals surface area contributed by atoms with E-state index in [1.807, 2.05) is 0 Å². The molecule has 0 aliphatic rings. The Kier molecular flexibility index (Phi) is 136. The van der Waals surface area contributed by atoms with Gasteiger partial charge in [-0.2, -0.15) is 0 Å². The van der Waals surface area contributed by atoms with Crippen LogP contribution >= 0.6 is 12.4 Å². The Bertz CT molecular complexity index is 34.0. The van der Waals surface area contributed by atoms with Crippen molar-refractivity contribution in [2.24, 2.45) is 0 Å². The molecule has 0 heterocycles. The molecule has 19 N–H and O–H groups in total. The van der Waals surface area contributed by atoms with Crippen LogP contribution in [0.4, 0.5) is 0 Å². The van der Waals surface area contributed by atoms with Crippen molar-refractivity contribution in [1.82, 2.24) is 30.8 Å². The molecule has 0 amide bonds. The quantitative estimate of drug-likeness (QED) is 0.216. The lowest BCUT2D eigenvalue weighted by molar-refractivity contribution is 0.117. The molecule has 80 valence electrons. The molecular weight excluding hydrogens is 198 g/mol.